The quantitative estimate of drug-likeness (QED) is 0.877. The van der Waals surface area contributed by atoms with E-state index in [1.807, 2.05) is 18.2 Å². The summed E-state index contributed by atoms with van der Waals surface area (Å²) in [6.45, 7) is 0.473. The molecule has 1 fully saturated rings. The molecule has 5 heteroatoms. The zero-order chi connectivity index (χ0) is 13.2. The van der Waals surface area contributed by atoms with E-state index in [0.29, 0.717) is 6.54 Å². The summed E-state index contributed by atoms with van der Waals surface area (Å²) in [5.74, 6) is 0.0611. The van der Waals surface area contributed by atoms with Gasteiger partial charge in [-0.15, -0.1) is 0 Å². The van der Waals surface area contributed by atoms with Gasteiger partial charge in [0.25, 0.3) is 0 Å². The minimum Gasteiger partial charge on any atom is -0.496 e. The van der Waals surface area contributed by atoms with Gasteiger partial charge in [-0.3, -0.25) is 4.79 Å². The summed E-state index contributed by atoms with van der Waals surface area (Å²) < 4.78 is 6.00. The van der Waals surface area contributed by atoms with Crippen LogP contribution in [0.4, 0.5) is 5.69 Å². The van der Waals surface area contributed by atoms with Gasteiger partial charge in [-0.05, 0) is 47.0 Å². The van der Waals surface area contributed by atoms with Crippen LogP contribution in [0.15, 0.2) is 22.7 Å². The van der Waals surface area contributed by atoms with Crippen molar-refractivity contribution in [1.82, 2.24) is 0 Å². The Morgan fingerprint density at radius 2 is 2.28 bits per heavy atom. The first-order chi connectivity index (χ1) is 8.57. The van der Waals surface area contributed by atoms with Crippen molar-refractivity contribution in [3.05, 3.63) is 22.7 Å². The predicted octanol–water partition coefficient (Wildman–Crippen LogP) is 3.12. The Hall–Kier alpha value is -1.23. The maximum atomic E-state index is 11.2. The molecule has 0 bridgehead atoms. The molecule has 0 radical (unpaired) electrons. The highest BCUT2D eigenvalue weighted by molar-refractivity contribution is 9.10. The van der Waals surface area contributed by atoms with Crippen LogP contribution in [0.1, 0.15) is 19.3 Å². The summed E-state index contributed by atoms with van der Waals surface area (Å²) in [6.07, 6.45) is 2.51. The molecule has 1 aliphatic carbocycles. The number of ether oxygens (including phenoxy) is 1. The highest BCUT2D eigenvalue weighted by Gasteiger charge is 2.44. The Balaban J connectivity index is 2.02. The van der Waals surface area contributed by atoms with Gasteiger partial charge in [-0.1, -0.05) is 6.42 Å². The summed E-state index contributed by atoms with van der Waals surface area (Å²) in [5.41, 5.74) is 0.321. The summed E-state index contributed by atoms with van der Waals surface area (Å²) >= 11 is 3.41. The molecule has 0 saturated heterocycles. The number of halogens is 1. The molecule has 1 aromatic rings. The second kappa shape index (κ2) is 5.18. The van der Waals surface area contributed by atoms with Crippen LogP contribution < -0.4 is 10.1 Å². The van der Waals surface area contributed by atoms with E-state index >= 15 is 0 Å². The van der Waals surface area contributed by atoms with Gasteiger partial charge in [0.15, 0.2) is 0 Å². The van der Waals surface area contributed by atoms with Gasteiger partial charge in [-0.25, -0.2) is 0 Å². The molecule has 2 N–H and O–H groups in total. The molecule has 0 atom stereocenters. The van der Waals surface area contributed by atoms with Crippen LogP contribution in [-0.4, -0.2) is 24.7 Å². The second-order valence-corrected chi connectivity index (χ2v) is 5.50. The van der Waals surface area contributed by atoms with Crippen molar-refractivity contribution >= 4 is 27.6 Å². The van der Waals surface area contributed by atoms with Crippen LogP contribution in [0.3, 0.4) is 0 Å². The first-order valence-corrected chi connectivity index (χ1v) is 6.67. The van der Waals surface area contributed by atoms with Crippen molar-refractivity contribution in [1.29, 1.82) is 0 Å². The number of carboxylic acid groups (broad SMARTS) is 1. The Bertz CT molecular complexity index is 458. The highest BCUT2D eigenvalue weighted by atomic mass is 79.9. The number of carbonyl (C=O) groups is 1. The topological polar surface area (TPSA) is 58.6 Å². The molecule has 4 nitrogen and oxygen atoms in total. The molecule has 0 aliphatic heterocycles. The monoisotopic (exact) mass is 313 g/mol. The normalized spacial score (nSPS) is 16.8. The van der Waals surface area contributed by atoms with E-state index in [-0.39, 0.29) is 0 Å². The second-order valence-electron chi connectivity index (χ2n) is 4.64. The molecule has 1 aromatic carbocycles. The number of methoxy groups -OCH3 is 1. The highest BCUT2D eigenvalue weighted by Crippen LogP contribution is 2.41. The van der Waals surface area contributed by atoms with Gasteiger partial charge >= 0.3 is 5.97 Å². The fraction of sp³-hybridized carbons (Fsp3) is 0.462. The molecule has 0 heterocycles. The average Bonchev–Trinajstić information content (AvgIpc) is 2.27. The Morgan fingerprint density at radius 1 is 1.56 bits per heavy atom. The molecule has 0 amide bonds. The zero-order valence-electron chi connectivity index (χ0n) is 10.2. The number of aliphatic carboxylic acids is 1. The third kappa shape index (κ3) is 2.46. The van der Waals surface area contributed by atoms with E-state index < -0.39 is 11.4 Å². The molecule has 1 saturated carbocycles. The molecule has 1 aliphatic rings. The lowest BCUT2D eigenvalue weighted by Gasteiger charge is -2.37. The van der Waals surface area contributed by atoms with E-state index in [0.717, 1.165) is 35.2 Å². The third-order valence-corrected chi connectivity index (χ3v) is 4.17. The van der Waals surface area contributed by atoms with Crippen LogP contribution in [0.5, 0.6) is 5.75 Å². The lowest BCUT2D eigenvalue weighted by Crippen LogP contribution is -2.43. The van der Waals surface area contributed by atoms with Gasteiger partial charge in [0, 0.05) is 12.2 Å². The zero-order valence-corrected chi connectivity index (χ0v) is 11.8. The number of rotatable bonds is 5. The Kier molecular flexibility index (Phi) is 3.80. The smallest absolute Gasteiger partial charge is 0.311 e. The van der Waals surface area contributed by atoms with E-state index in [1.165, 1.54) is 0 Å². The van der Waals surface area contributed by atoms with Crippen molar-refractivity contribution in [2.45, 2.75) is 19.3 Å². The maximum Gasteiger partial charge on any atom is 0.311 e. The first kappa shape index (κ1) is 13.2. The number of hydrogen-bond acceptors (Lipinski definition) is 3. The molecular weight excluding hydrogens is 298 g/mol. The van der Waals surface area contributed by atoms with Gasteiger partial charge in [0.1, 0.15) is 5.75 Å². The van der Waals surface area contributed by atoms with E-state index in [4.69, 9.17) is 4.74 Å². The number of anilines is 1. The molecule has 18 heavy (non-hydrogen) atoms. The van der Waals surface area contributed by atoms with Crippen molar-refractivity contribution in [2.24, 2.45) is 5.41 Å². The summed E-state index contributed by atoms with van der Waals surface area (Å²) in [6, 6.07) is 5.63. The number of carboxylic acids is 1. The number of benzene rings is 1. The van der Waals surface area contributed by atoms with Crippen molar-refractivity contribution in [3.63, 3.8) is 0 Å². The molecule has 0 aromatic heterocycles. The van der Waals surface area contributed by atoms with Crippen molar-refractivity contribution < 1.29 is 14.6 Å². The summed E-state index contributed by atoms with van der Waals surface area (Å²) in [5, 5.41) is 12.4. The molecule has 0 unspecified atom stereocenters. The summed E-state index contributed by atoms with van der Waals surface area (Å²) in [4.78, 5) is 11.2. The molecule has 0 spiro atoms. The van der Waals surface area contributed by atoms with Gasteiger partial charge in [-0.2, -0.15) is 0 Å². The minimum atomic E-state index is -0.700. The Morgan fingerprint density at radius 3 is 2.72 bits per heavy atom. The van der Waals surface area contributed by atoms with Gasteiger partial charge in [0.05, 0.1) is 17.0 Å². The molecular formula is C13H16BrNO3. The van der Waals surface area contributed by atoms with Gasteiger partial charge < -0.3 is 15.2 Å². The third-order valence-electron chi connectivity index (χ3n) is 3.55. The van der Waals surface area contributed by atoms with Crippen LogP contribution in [-0.2, 0) is 4.79 Å². The average molecular weight is 314 g/mol. The number of nitrogens with one attached hydrogen (secondary N) is 1. The molecule has 98 valence electrons. The first-order valence-electron chi connectivity index (χ1n) is 5.88. The van der Waals surface area contributed by atoms with Crippen LogP contribution >= 0.6 is 15.9 Å². The SMILES string of the molecule is COc1ccc(NCC2(C(=O)O)CCC2)cc1Br. The minimum absolute atomic E-state index is 0.473. The van der Waals surface area contributed by atoms with Crippen LogP contribution in [0.2, 0.25) is 0 Å². The fourth-order valence-electron chi connectivity index (χ4n) is 2.12. The lowest BCUT2D eigenvalue weighted by molar-refractivity contribution is -0.153. The fourth-order valence-corrected chi connectivity index (χ4v) is 2.66. The Labute approximate surface area is 114 Å². The van der Waals surface area contributed by atoms with E-state index in [1.54, 1.807) is 7.11 Å². The van der Waals surface area contributed by atoms with E-state index in [9.17, 15) is 9.90 Å². The van der Waals surface area contributed by atoms with E-state index in [2.05, 4.69) is 21.2 Å². The summed E-state index contributed by atoms with van der Waals surface area (Å²) in [7, 11) is 1.61. The van der Waals surface area contributed by atoms with Crippen LogP contribution in [0.25, 0.3) is 0 Å². The largest absolute Gasteiger partial charge is 0.496 e. The maximum absolute atomic E-state index is 11.2. The van der Waals surface area contributed by atoms with Crippen molar-refractivity contribution in [2.75, 3.05) is 19.0 Å². The van der Waals surface area contributed by atoms with Crippen molar-refractivity contribution in [3.8, 4) is 5.75 Å². The lowest BCUT2D eigenvalue weighted by atomic mass is 9.69. The standard InChI is InChI=1S/C13H16BrNO3/c1-18-11-4-3-9(7-10(11)14)15-8-13(12(16)17)5-2-6-13/h3-4,7,15H,2,5-6,8H2,1H3,(H,16,17). The predicted molar refractivity (Wildman–Crippen MR) is 73.1 cm³/mol. The molecule has 2 rings (SSSR count). The van der Waals surface area contributed by atoms with Crippen LogP contribution in [0, 0.1) is 5.41 Å². The van der Waals surface area contributed by atoms with Gasteiger partial charge in [0.2, 0.25) is 0 Å². The number of hydrogen-bond donors (Lipinski definition) is 2.